The van der Waals surface area contributed by atoms with Gasteiger partial charge in [0, 0.05) is 36.9 Å². The van der Waals surface area contributed by atoms with E-state index in [9.17, 15) is 4.79 Å². The van der Waals surface area contributed by atoms with Crippen molar-refractivity contribution < 1.29 is 9.47 Å². The number of nitrogens with zero attached hydrogens (tertiary/aromatic N) is 2. The summed E-state index contributed by atoms with van der Waals surface area (Å²) in [7, 11) is 0. The van der Waals surface area contributed by atoms with Crippen LogP contribution in [-0.2, 0) is 28.9 Å². The molecule has 152 valence electrons. The summed E-state index contributed by atoms with van der Waals surface area (Å²) in [6.07, 6.45) is 3.07. The maximum absolute atomic E-state index is 13.1. The normalized spacial score (nSPS) is 17.4. The standard InChI is InChI=1S/C25H24N2O3/c1-2-18-3-5-19(6-4-18)7-8-20-9-10-21-22(17-20)26-23-11-12-25(29-15-16-30-25)13-14-27(23)24(21)28/h3-6,9-10,17H,2,11-16H2,1H3. The molecule has 0 saturated carbocycles. The van der Waals surface area contributed by atoms with Gasteiger partial charge in [-0.2, -0.15) is 0 Å². The smallest absolute Gasteiger partial charge is 0.261 e. The van der Waals surface area contributed by atoms with Crippen molar-refractivity contribution in [1.29, 1.82) is 0 Å². The highest BCUT2D eigenvalue weighted by atomic mass is 16.7. The highest BCUT2D eigenvalue weighted by molar-refractivity contribution is 5.79. The molecule has 2 aromatic carbocycles. The van der Waals surface area contributed by atoms with Gasteiger partial charge in [-0.05, 0) is 42.3 Å². The molecule has 0 N–H and O–H groups in total. The van der Waals surface area contributed by atoms with Gasteiger partial charge in [0.2, 0.25) is 0 Å². The number of ether oxygens (including phenoxy) is 2. The summed E-state index contributed by atoms with van der Waals surface area (Å²) in [5.74, 6) is 6.64. The Morgan fingerprint density at radius 1 is 1.03 bits per heavy atom. The second kappa shape index (κ2) is 7.71. The molecule has 0 amide bonds. The average molecular weight is 400 g/mol. The molecule has 5 heteroatoms. The van der Waals surface area contributed by atoms with E-state index in [1.54, 1.807) is 4.57 Å². The van der Waals surface area contributed by atoms with Crippen LogP contribution in [0.3, 0.4) is 0 Å². The molecule has 1 spiro atoms. The molecule has 5 rings (SSSR count). The minimum atomic E-state index is -0.559. The number of hydrogen-bond acceptors (Lipinski definition) is 4. The third-order valence-corrected chi connectivity index (χ3v) is 6.01. The third-order valence-electron chi connectivity index (χ3n) is 6.01. The monoisotopic (exact) mass is 400 g/mol. The Bertz CT molecular complexity index is 1210. The van der Waals surface area contributed by atoms with E-state index < -0.39 is 5.79 Å². The quantitative estimate of drug-likeness (QED) is 0.587. The zero-order valence-corrected chi connectivity index (χ0v) is 17.1. The van der Waals surface area contributed by atoms with Gasteiger partial charge in [-0.3, -0.25) is 9.36 Å². The lowest BCUT2D eigenvalue weighted by Gasteiger charge is -2.24. The molecule has 0 bridgehead atoms. The Morgan fingerprint density at radius 3 is 2.53 bits per heavy atom. The van der Waals surface area contributed by atoms with Crippen LogP contribution >= 0.6 is 0 Å². The van der Waals surface area contributed by atoms with Crippen molar-refractivity contribution in [2.75, 3.05) is 13.2 Å². The maximum Gasteiger partial charge on any atom is 0.261 e. The first-order valence-electron chi connectivity index (χ1n) is 10.6. The lowest BCUT2D eigenvalue weighted by molar-refractivity contribution is -0.165. The molecule has 2 aliphatic rings. The Hall–Kier alpha value is -2.94. The Labute approximate surface area is 175 Å². The molecule has 3 heterocycles. The van der Waals surface area contributed by atoms with Crippen LogP contribution in [0, 0.1) is 11.8 Å². The van der Waals surface area contributed by atoms with Crippen molar-refractivity contribution in [3.05, 3.63) is 75.3 Å². The van der Waals surface area contributed by atoms with Crippen LogP contribution < -0.4 is 5.56 Å². The van der Waals surface area contributed by atoms with Gasteiger partial charge >= 0.3 is 0 Å². The number of benzene rings is 2. The molecule has 1 fully saturated rings. The van der Waals surface area contributed by atoms with Crippen LogP contribution in [-0.4, -0.2) is 28.6 Å². The van der Waals surface area contributed by atoms with Gasteiger partial charge in [-0.25, -0.2) is 4.98 Å². The molecule has 0 aliphatic carbocycles. The highest BCUT2D eigenvalue weighted by Gasteiger charge is 2.38. The topological polar surface area (TPSA) is 53.4 Å². The molecule has 2 aliphatic heterocycles. The number of aryl methyl sites for hydroxylation is 2. The fourth-order valence-electron chi connectivity index (χ4n) is 4.23. The first-order valence-corrected chi connectivity index (χ1v) is 10.6. The lowest BCUT2D eigenvalue weighted by Crippen LogP contribution is -2.31. The average Bonchev–Trinajstić information content (AvgIpc) is 3.17. The van der Waals surface area contributed by atoms with Gasteiger partial charge in [0.05, 0.1) is 24.1 Å². The van der Waals surface area contributed by atoms with Gasteiger partial charge in [0.25, 0.3) is 5.56 Å². The number of aromatic nitrogens is 2. The summed E-state index contributed by atoms with van der Waals surface area (Å²) < 4.78 is 13.5. The van der Waals surface area contributed by atoms with Crippen LogP contribution in [0.25, 0.3) is 10.9 Å². The van der Waals surface area contributed by atoms with Crippen molar-refractivity contribution in [3.63, 3.8) is 0 Å². The van der Waals surface area contributed by atoms with E-state index in [1.807, 2.05) is 30.3 Å². The van der Waals surface area contributed by atoms with Crippen molar-refractivity contribution in [2.24, 2.45) is 0 Å². The largest absolute Gasteiger partial charge is 0.347 e. The summed E-state index contributed by atoms with van der Waals surface area (Å²) in [5, 5.41) is 0.626. The Balaban J connectivity index is 1.47. The third kappa shape index (κ3) is 3.54. The zero-order valence-electron chi connectivity index (χ0n) is 17.1. The molecular weight excluding hydrogens is 376 g/mol. The molecular formula is C25H24N2O3. The molecule has 30 heavy (non-hydrogen) atoms. The Kier molecular flexibility index (Phi) is 4.90. The van der Waals surface area contributed by atoms with Crippen LogP contribution in [0.15, 0.2) is 47.3 Å². The molecule has 5 nitrogen and oxygen atoms in total. The van der Waals surface area contributed by atoms with Crippen molar-refractivity contribution in [1.82, 2.24) is 9.55 Å². The van der Waals surface area contributed by atoms with Crippen molar-refractivity contribution >= 4 is 10.9 Å². The van der Waals surface area contributed by atoms with E-state index in [2.05, 4.69) is 30.9 Å². The number of rotatable bonds is 1. The summed E-state index contributed by atoms with van der Waals surface area (Å²) >= 11 is 0. The molecule has 1 saturated heterocycles. The summed E-state index contributed by atoms with van der Waals surface area (Å²) in [5.41, 5.74) is 3.82. The number of fused-ring (bicyclic) bond motifs is 2. The molecule has 0 atom stereocenters. The van der Waals surface area contributed by atoms with E-state index in [0.29, 0.717) is 43.5 Å². The predicted octanol–water partition coefficient (Wildman–Crippen LogP) is 3.44. The first kappa shape index (κ1) is 19.0. The van der Waals surface area contributed by atoms with E-state index in [0.717, 1.165) is 29.8 Å². The van der Waals surface area contributed by atoms with Gasteiger partial charge in [0.1, 0.15) is 5.82 Å². The lowest BCUT2D eigenvalue weighted by atomic mass is 10.1. The summed E-state index contributed by atoms with van der Waals surface area (Å²) in [6, 6.07) is 13.9. The molecule has 1 aromatic heterocycles. The van der Waals surface area contributed by atoms with Crippen LogP contribution in [0.5, 0.6) is 0 Å². The highest BCUT2D eigenvalue weighted by Crippen LogP contribution is 2.31. The fourth-order valence-corrected chi connectivity index (χ4v) is 4.23. The summed E-state index contributed by atoms with van der Waals surface area (Å²) in [6.45, 7) is 3.93. The second-order valence-corrected chi connectivity index (χ2v) is 7.87. The summed E-state index contributed by atoms with van der Waals surface area (Å²) in [4.78, 5) is 17.9. The van der Waals surface area contributed by atoms with Gasteiger partial charge < -0.3 is 9.47 Å². The molecule has 3 aromatic rings. The zero-order chi connectivity index (χ0) is 20.6. The Morgan fingerprint density at radius 2 is 1.77 bits per heavy atom. The van der Waals surface area contributed by atoms with Crippen molar-refractivity contribution in [3.8, 4) is 11.8 Å². The predicted molar refractivity (Wildman–Crippen MR) is 115 cm³/mol. The SMILES string of the molecule is CCc1ccc(C#Cc2ccc3c(=O)n4c(nc3c2)CCC2(CC4)OCCO2)cc1. The van der Waals surface area contributed by atoms with E-state index in [4.69, 9.17) is 14.5 Å². The van der Waals surface area contributed by atoms with Crippen LogP contribution in [0.1, 0.15) is 42.3 Å². The first-order chi connectivity index (χ1) is 14.7. The number of hydrogen-bond donors (Lipinski definition) is 0. The second-order valence-electron chi connectivity index (χ2n) is 7.87. The van der Waals surface area contributed by atoms with Crippen LogP contribution in [0.4, 0.5) is 0 Å². The minimum absolute atomic E-state index is 0.000268. The maximum atomic E-state index is 13.1. The van der Waals surface area contributed by atoms with Gasteiger partial charge in [-0.1, -0.05) is 30.9 Å². The van der Waals surface area contributed by atoms with Crippen molar-refractivity contribution in [2.45, 2.75) is 44.9 Å². The minimum Gasteiger partial charge on any atom is -0.347 e. The van der Waals surface area contributed by atoms with E-state index >= 15 is 0 Å². The van der Waals surface area contributed by atoms with Gasteiger partial charge in [0.15, 0.2) is 5.79 Å². The fraction of sp³-hybridized carbons (Fsp3) is 0.360. The van der Waals surface area contributed by atoms with Crippen LogP contribution in [0.2, 0.25) is 0 Å². The van der Waals surface area contributed by atoms with E-state index in [1.165, 1.54) is 5.56 Å². The van der Waals surface area contributed by atoms with E-state index in [-0.39, 0.29) is 5.56 Å². The molecule has 0 unspecified atom stereocenters. The molecule has 0 radical (unpaired) electrons. The van der Waals surface area contributed by atoms with Gasteiger partial charge in [-0.15, -0.1) is 0 Å².